The minimum absolute atomic E-state index is 0.0797. The molecule has 0 saturated carbocycles. The van der Waals surface area contributed by atoms with Gasteiger partial charge >= 0.3 is 0 Å². The SMILES string of the molecule is CC(C#[NH+])Sc1nccn1C. The highest BCUT2D eigenvalue weighted by molar-refractivity contribution is 8.00. The molecule has 0 fully saturated rings. The molecule has 0 bridgehead atoms. The van der Waals surface area contributed by atoms with Crippen molar-refractivity contribution in [2.45, 2.75) is 17.3 Å². The molecule has 0 spiro atoms. The van der Waals surface area contributed by atoms with Gasteiger partial charge < -0.3 is 4.57 Å². The maximum absolute atomic E-state index is 6.87. The Kier molecular flexibility index (Phi) is 2.55. The van der Waals surface area contributed by atoms with Crippen molar-refractivity contribution >= 4 is 11.8 Å². The van der Waals surface area contributed by atoms with Crippen LogP contribution in [0.2, 0.25) is 0 Å². The molecule has 1 rings (SSSR count). The number of nitrogens with one attached hydrogen (secondary N) is 1. The molecule has 3 nitrogen and oxygen atoms in total. The molecule has 1 atom stereocenters. The van der Waals surface area contributed by atoms with Crippen LogP contribution in [0.3, 0.4) is 0 Å². The van der Waals surface area contributed by atoms with Crippen LogP contribution in [0, 0.1) is 6.07 Å². The van der Waals surface area contributed by atoms with Crippen molar-refractivity contribution in [1.29, 1.82) is 0 Å². The average molecular weight is 168 g/mol. The Morgan fingerprint density at radius 1 is 1.82 bits per heavy atom. The number of imidazole rings is 1. The van der Waals surface area contributed by atoms with Gasteiger partial charge in [0.15, 0.2) is 5.16 Å². The molecule has 1 aromatic rings. The van der Waals surface area contributed by atoms with Crippen LogP contribution in [0.25, 0.3) is 0 Å². The lowest BCUT2D eigenvalue weighted by Crippen LogP contribution is -2.20. The van der Waals surface area contributed by atoms with Crippen LogP contribution in [-0.2, 0) is 7.05 Å². The summed E-state index contributed by atoms with van der Waals surface area (Å²) in [5.41, 5.74) is 0. The van der Waals surface area contributed by atoms with Gasteiger partial charge in [-0.15, -0.1) is 5.26 Å². The number of aromatic nitrogens is 2. The fourth-order valence-electron chi connectivity index (χ4n) is 0.653. The quantitative estimate of drug-likeness (QED) is 0.615. The fourth-order valence-corrected chi connectivity index (χ4v) is 1.38. The van der Waals surface area contributed by atoms with E-state index in [1.165, 1.54) is 11.8 Å². The maximum atomic E-state index is 6.87. The van der Waals surface area contributed by atoms with Crippen LogP contribution < -0.4 is 5.26 Å². The van der Waals surface area contributed by atoms with E-state index in [2.05, 4.69) is 11.1 Å². The fraction of sp³-hybridized carbons (Fsp3) is 0.429. The number of hydrogen-bond acceptors (Lipinski definition) is 2. The summed E-state index contributed by atoms with van der Waals surface area (Å²) in [5, 5.41) is 7.88. The molecule has 0 aliphatic rings. The minimum atomic E-state index is 0.0797. The monoisotopic (exact) mass is 168 g/mol. The van der Waals surface area contributed by atoms with Crippen molar-refractivity contribution in [2.24, 2.45) is 7.05 Å². The normalized spacial score (nSPS) is 12.5. The number of aryl methyl sites for hydroxylation is 1. The molecule has 0 amide bonds. The van der Waals surface area contributed by atoms with Crippen LogP contribution >= 0.6 is 11.8 Å². The third kappa shape index (κ3) is 1.99. The van der Waals surface area contributed by atoms with Crippen molar-refractivity contribution in [3.05, 3.63) is 12.4 Å². The summed E-state index contributed by atoms with van der Waals surface area (Å²) in [5.74, 6) is 0. The Bertz CT molecular complexity index is 273. The number of hydrogen-bond donors (Lipinski definition) is 1. The lowest BCUT2D eigenvalue weighted by atomic mass is 10.5. The van der Waals surface area contributed by atoms with E-state index in [1.54, 1.807) is 6.20 Å². The Labute approximate surface area is 70.0 Å². The summed E-state index contributed by atoms with van der Waals surface area (Å²) in [7, 11) is 1.94. The summed E-state index contributed by atoms with van der Waals surface area (Å²) < 4.78 is 1.93. The molecule has 0 aliphatic carbocycles. The summed E-state index contributed by atoms with van der Waals surface area (Å²) in [6.07, 6.45) is 3.64. The highest BCUT2D eigenvalue weighted by atomic mass is 32.2. The minimum Gasteiger partial charge on any atom is -0.329 e. The summed E-state index contributed by atoms with van der Waals surface area (Å²) in [6, 6.07) is 2.39. The van der Waals surface area contributed by atoms with Gasteiger partial charge in [-0.25, -0.2) is 4.98 Å². The van der Waals surface area contributed by atoms with Crippen LogP contribution in [-0.4, -0.2) is 14.8 Å². The predicted octanol–water partition coefficient (Wildman–Crippen LogP) is -0.327. The van der Waals surface area contributed by atoms with E-state index < -0.39 is 0 Å². The average Bonchev–Trinajstić information content (AvgIpc) is 2.37. The number of nitrogens with zero attached hydrogens (tertiary/aromatic N) is 2. The first-order valence-electron chi connectivity index (χ1n) is 3.30. The van der Waals surface area contributed by atoms with Crippen molar-refractivity contribution in [1.82, 2.24) is 9.55 Å². The van der Waals surface area contributed by atoms with Crippen molar-refractivity contribution in [3.63, 3.8) is 0 Å². The van der Waals surface area contributed by atoms with Gasteiger partial charge in [0.05, 0.1) is 0 Å². The zero-order valence-electron chi connectivity index (χ0n) is 6.53. The van der Waals surface area contributed by atoms with Gasteiger partial charge in [-0.2, -0.15) is 0 Å². The van der Waals surface area contributed by atoms with Crippen LogP contribution in [0.1, 0.15) is 6.92 Å². The molecule has 0 aromatic carbocycles. The van der Waals surface area contributed by atoms with E-state index >= 15 is 0 Å². The molecule has 11 heavy (non-hydrogen) atoms. The van der Waals surface area contributed by atoms with Gasteiger partial charge in [0.25, 0.3) is 6.07 Å². The summed E-state index contributed by atoms with van der Waals surface area (Å²) in [4.78, 5) is 4.11. The van der Waals surface area contributed by atoms with E-state index in [1.807, 2.05) is 24.7 Å². The largest absolute Gasteiger partial charge is 0.329 e. The highest BCUT2D eigenvalue weighted by Crippen LogP contribution is 2.18. The second kappa shape index (κ2) is 3.44. The van der Waals surface area contributed by atoms with Gasteiger partial charge in [0.2, 0.25) is 0 Å². The van der Waals surface area contributed by atoms with E-state index in [0.717, 1.165) is 5.16 Å². The lowest BCUT2D eigenvalue weighted by molar-refractivity contribution is -0.0939. The number of rotatable bonds is 2. The second-order valence-corrected chi connectivity index (χ2v) is 3.53. The van der Waals surface area contributed by atoms with Crippen molar-refractivity contribution in [3.8, 4) is 6.07 Å². The maximum Gasteiger partial charge on any atom is 0.284 e. The zero-order valence-corrected chi connectivity index (χ0v) is 7.35. The van der Waals surface area contributed by atoms with Gasteiger partial charge in [-0.1, -0.05) is 11.8 Å². The summed E-state index contributed by atoms with van der Waals surface area (Å²) in [6.45, 7) is 1.92. The van der Waals surface area contributed by atoms with E-state index in [0.29, 0.717) is 0 Å². The third-order valence-electron chi connectivity index (χ3n) is 1.26. The Morgan fingerprint density at radius 3 is 3.00 bits per heavy atom. The van der Waals surface area contributed by atoms with E-state index in [4.69, 9.17) is 5.26 Å². The zero-order chi connectivity index (χ0) is 8.27. The molecule has 0 aliphatic heterocycles. The topological polar surface area (TPSA) is 41.6 Å². The summed E-state index contributed by atoms with van der Waals surface area (Å²) >= 11 is 1.53. The second-order valence-electron chi connectivity index (χ2n) is 2.23. The van der Waals surface area contributed by atoms with Crippen LogP contribution in [0.15, 0.2) is 17.6 Å². The van der Waals surface area contributed by atoms with Gasteiger partial charge in [0, 0.05) is 19.4 Å². The Balaban J connectivity index is 2.66. The third-order valence-corrected chi connectivity index (χ3v) is 2.34. The van der Waals surface area contributed by atoms with Gasteiger partial charge in [0.1, 0.15) is 5.25 Å². The molecule has 1 N–H and O–H groups in total. The molecular formula is C7H10N3S+. The molecular weight excluding hydrogens is 158 g/mol. The standard InChI is InChI=1S/C7H9N3S/c1-6(5-8)11-7-9-3-4-10(7)2/h3-4,6H,1-2H3/p+1. The molecule has 1 aromatic heterocycles. The lowest BCUT2D eigenvalue weighted by Gasteiger charge is -1.98. The van der Waals surface area contributed by atoms with Gasteiger partial charge in [-0.3, -0.25) is 0 Å². The van der Waals surface area contributed by atoms with E-state index in [9.17, 15) is 0 Å². The molecule has 1 unspecified atom stereocenters. The van der Waals surface area contributed by atoms with Gasteiger partial charge in [-0.05, 0) is 6.92 Å². The first-order valence-corrected chi connectivity index (χ1v) is 4.18. The van der Waals surface area contributed by atoms with Crippen molar-refractivity contribution < 1.29 is 5.26 Å². The predicted molar refractivity (Wildman–Crippen MR) is 43.4 cm³/mol. The van der Waals surface area contributed by atoms with Crippen LogP contribution in [0.4, 0.5) is 0 Å². The molecule has 1 heterocycles. The Hall–Kier alpha value is -0.950. The smallest absolute Gasteiger partial charge is 0.284 e. The molecule has 4 heteroatoms. The number of thioether (sulfide) groups is 1. The molecule has 58 valence electrons. The first kappa shape index (κ1) is 8.15. The first-order chi connectivity index (χ1) is 5.24. The molecule has 0 saturated heterocycles. The highest BCUT2D eigenvalue weighted by Gasteiger charge is 2.08. The van der Waals surface area contributed by atoms with Crippen LogP contribution in [0.5, 0.6) is 0 Å². The van der Waals surface area contributed by atoms with Crippen molar-refractivity contribution in [2.75, 3.05) is 0 Å². The van der Waals surface area contributed by atoms with E-state index in [-0.39, 0.29) is 5.25 Å². The Morgan fingerprint density at radius 2 is 2.55 bits per heavy atom. The molecule has 0 radical (unpaired) electrons.